The fourth-order valence-corrected chi connectivity index (χ4v) is 3.39. The number of ketones is 1. The van der Waals surface area contributed by atoms with E-state index in [-0.39, 0.29) is 40.7 Å². The smallest absolute Gasteiger partial charge is 0.261 e. The van der Waals surface area contributed by atoms with Crippen LogP contribution in [0.4, 0.5) is 5.69 Å². The molecule has 2 aromatic rings. The Morgan fingerprint density at radius 2 is 1.58 bits per heavy atom. The molecular weight excluding hydrogens is 352 g/mol. The van der Waals surface area contributed by atoms with Gasteiger partial charge in [-0.2, -0.15) is 0 Å². The lowest BCUT2D eigenvalue weighted by atomic mass is 10.0. The number of aryl methyl sites for hydroxylation is 1. The standard InChI is InChI=1S/C19H22N2O4S/c1-14-8-10-15(11-9-14)26(24,25)20-17-7-5-4-6-16(17)18(22)12-13-19(23)21(2)3/h4-11,20H,12-13H2,1-3H3. The fraction of sp³-hybridized carbons (Fsp3) is 0.263. The number of nitrogens with zero attached hydrogens (tertiary/aromatic N) is 1. The summed E-state index contributed by atoms with van der Waals surface area (Å²) < 4.78 is 27.6. The van der Waals surface area contributed by atoms with Gasteiger partial charge in [-0.15, -0.1) is 0 Å². The number of nitrogens with one attached hydrogen (secondary N) is 1. The van der Waals surface area contributed by atoms with Gasteiger partial charge in [-0.1, -0.05) is 29.8 Å². The minimum absolute atomic E-state index is 0.0142. The van der Waals surface area contributed by atoms with Crippen LogP contribution >= 0.6 is 0 Å². The van der Waals surface area contributed by atoms with E-state index in [1.54, 1.807) is 44.4 Å². The van der Waals surface area contributed by atoms with Crippen molar-refractivity contribution >= 4 is 27.4 Å². The minimum atomic E-state index is -3.81. The zero-order chi connectivity index (χ0) is 19.3. The summed E-state index contributed by atoms with van der Waals surface area (Å²) >= 11 is 0. The molecule has 0 heterocycles. The number of sulfonamides is 1. The molecule has 0 radical (unpaired) electrons. The number of para-hydroxylation sites is 1. The van der Waals surface area contributed by atoms with Crippen LogP contribution in [-0.4, -0.2) is 39.1 Å². The van der Waals surface area contributed by atoms with Crippen molar-refractivity contribution in [1.29, 1.82) is 0 Å². The number of anilines is 1. The van der Waals surface area contributed by atoms with E-state index in [4.69, 9.17) is 0 Å². The largest absolute Gasteiger partial charge is 0.349 e. The normalized spacial score (nSPS) is 11.0. The summed E-state index contributed by atoms with van der Waals surface area (Å²) in [5.41, 5.74) is 1.40. The molecule has 6 nitrogen and oxygen atoms in total. The third kappa shape index (κ3) is 4.92. The van der Waals surface area contributed by atoms with Crippen LogP contribution in [0.2, 0.25) is 0 Å². The first-order valence-electron chi connectivity index (χ1n) is 8.12. The summed E-state index contributed by atoms with van der Waals surface area (Å²) in [6.07, 6.45) is 0.0885. The van der Waals surface area contributed by atoms with Gasteiger partial charge in [-0.25, -0.2) is 8.42 Å². The molecule has 0 bridgehead atoms. The number of hydrogen-bond donors (Lipinski definition) is 1. The first kappa shape index (κ1) is 19.7. The van der Waals surface area contributed by atoms with Crippen molar-refractivity contribution in [1.82, 2.24) is 4.90 Å². The molecule has 0 atom stereocenters. The van der Waals surface area contributed by atoms with E-state index < -0.39 is 10.0 Å². The molecule has 7 heteroatoms. The molecule has 0 saturated heterocycles. The van der Waals surface area contributed by atoms with Crippen LogP contribution in [0, 0.1) is 6.92 Å². The number of Topliss-reactive ketones (excluding diaryl/α,β-unsaturated/α-hetero) is 1. The Kier molecular flexibility index (Phi) is 6.15. The number of amides is 1. The van der Waals surface area contributed by atoms with Crippen molar-refractivity contribution in [2.75, 3.05) is 18.8 Å². The fourth-order valence-electron chi connectivity index (χ4n) is 2.32. The molecule has 0 saturated carbocycles. The quantitative estimate of drug-likeness (QED) is 0.756. The van der Waals surface area contributed by atoms with Crippen LogP contribution < -0.4 is 4.72 Å². The molecular formula is C19H22N2O4S. The molecule has 0 aromatic heterocycles. The second kappa shape index (κ2) is 8.14. The van der Waals surface area contributed by atoms with Crippen LogP contribution in [-0.2, 0) is 14.8 Å². The molecule has 0 aliphatic rings. The summed E-state index contributed by atoms with van der Waals surface area (Å²) in [6.45, 7) is 1.87. The molecule has 1 amide bonds. The average Bonchev–Trinajstić information content (AvgIpc) is 2.59. The zero-order valence-corrected chi connectivity index (χ0v) is 15.8. The molecule has 0 aliphatic heterocycles. The maximum atomic E-state index is 12.6. The van der Waals surface area contributed by atoms with Crippen LogP contribution in [0.25, 0.3) is 0 Å². The Hall–Kier alpha value is -2.67. The maximum absolute atomic E-state index is 12.6. The maximum Gasteiger partial charge on any atom is 0.261 e. The van der Waals surface area contributed by atoms with Gasteiger partial charge in [0.2, 0.25) is 5.91 Å². The SMILES string of the molecule is Cc1ccc(S(=O)(=O)Nc2ccccc2C(=O)CCC(=O)N(C)C)cc1. The topological polar surface area (TPSA) is 83.5 Å². The van der Waals surface area contributed by atoms with E-state index in [1.807, 2.05) is 6.92 Å². The second-order valence-electron chi connectivity index (χ2n) is 6.18. The summed E-state index contributed by atoms with van der Waals surface area (Å²) in [7, 11) is -0.565. The predicted molar refractivity (Wildman–Crippen MR) is 101 cm³/mol. The van der Waals surface area contributed by atoms with E-state index in [0.29, 0.717) is 0 Å². The van der Waals surface area contributed by atoms with Crippen molar-refractivity contribution in [2.24, 2.45) is 0 Å². The summed E-state index contributed by atoms with van der Waals surface area (Å²) in [6, 6.07) is 12.8. The van der Waals surface area contributed by atoms with Crippen LogP contribution in [0.1, 0.15) is 28.8 Å². The summed E-state index contributed by atoms with van der Waals surface area (Å²) in [4.78, 5) is 25.7. The number of benzene rings is 2. The van der Waals surface area contributed by atoms with Crippen LogP contribution in [0.3, 0.4) is 0 Å². The molecule has 26 heavy (non-hydrogen) atoms. The van der Waals surface area contributed by atoms with Gasteiger partial charge >= 0.3 is 0 Å². The zero-order valence-electron chi connectivity index (χ0n) is 15.0. The predicted octanol–water partition coefficient (Wildman–Crippen LogP) is 2.85. The first-order valence-corrected chi connectivity index (χ1v) is 9.61. The van der Waals surface area contributed by atoms with Gasteiger partial charge in [0.1, 0.15) is 0 Å². The highest BCUT2D eigenvalue weighted by Crippen LogP contribution is 2.22. The molecule has 0 spiro atoms. The van der Waals surface area contributed by atoms with Gasteiger partial charge in [0.05, 0.1) is 10.6 Å². The number of rotatable bonds is 7. The van der Waals surface area contributed by atoms with Crippen LogP contribution in [0.15, 0.2) is 53.4 Å². The van der Waals surface area contributed by atoms with Crippen molar-refractivity contribution in [2.45, 2.75) is 24.7 Å². The number of carbonyl (C=O) groups is 2. The minimum Gasteiger partial charge on any atom is -0.349 e. The van der Waals surface area contributed by atoms with Crippen LogP contribution in [0.5, 0.6) is 0 Å². The van der Waals surface area contributed by atoms with E-state index in [2.05, 4.69) is 4.72 Å². The van der Waals surface area contributed by atoms with Gasteiger partial charge in [0.15, 0.2) is 5.78 Å². The Morgan fingerprint density at radius 3 is 2.19 bits per heavy atom. The molecule has 2 aromatic carbocycles. The molecule has 0 fully saturated rings. The van der Waals surface area contributed by atoms with Gasteiger partial charge < -0.3 is 4.90 Å². The van der Waals surface area contributed by atoms with Gasteiger partial charge in [0, 0.05) is 32.5 Å². The number of hydrogen-bond acceptors (Lipinski definition) is 4. The third-order valence-corrected chi connectivity index (χ3v) is 5.25. The van der Waals surface area contributed by atoms with Gasteiger partial charge in [-0.05, 0) is 31.2 Å². The number of carbonyl (C=O) groups excluding carboxylic acids is 2. The van der Waals surface area contributed by atoms with E-state index >= 15 is 0 Å². The summed E-state index contributed by atoms with van der Waals surface area (Å²) in [5, 5.41) is 0. The Labute approximate surface area is 153 Å². The van der Waals surface area contributed by atoms with Crippen molar-refractivity contribution in [3.8, 4) is 0 Å². The Balaban J connectivity index is 2.22. The first-order chi connectivity index (χ1) is 12.2. The van der Waals surface area contributed by atoms with Crippen molar-refractivity contribution in [3.05, 3.63) is 59.7 Å². The van der Waals surface area contributed by atoms with E-state index in [9.17, 15) is 18.0 Å². The lowest BCUT2D eigenvalue weighted by molar-refractivity contribution is -0.128. The molecule has 1 N–H and O–H groups in total. The van der Waals surface area contributed by atoms with Gasteiger partial charge in [0.25, 0.3) is 10.0 Å². The monoisotopic (exact) mass is 374 g/mol. The third-order valence-electron chi connectivity index (χ3n) is 3.87. The average molecular weight is 374 g/mol. The molecule has 0 unspecified atom stereocenters. The molecule has 2 rings (SSSR count). The van der Waals surface area contributed by atoms with Crippen molar-refractivity contribution < 1.29 is 18.0 Å². The lowest BCUT2D eigenvalue weighted by Crippen LogP contribution is -2.22. The Morgan fingerprint density at radius 1 is 0.962 bits per heavy atom. The van der Waals surface area contributed by atoms with E-state index in [0.717, 1.165) is 5.56 Å². The highest BCUT2D eigenvalue weighted by atomic mass is 32.2. The molecule has 0 aliphatic carbocycles. The lowest BCUT2D eigenvalue weighted by Gasteiger charge is -2.13. The highest BCUT2D eigenvalue weighted by Gasteiger charge is 2.19. The summed E-state index contributed by atoms with van der Waals surface area (Å²) in [5.74, 6) is -0.446. The van der Waals surface area contributed by atoms with E-state index in [1.165, 1.54) is 23.1 Å². The van der Waals surface area contributed by atoms with Crippen molar-refractivity contribution in [3.63, 3.8) is 0 Å². The van der Waals surface area contributed by atoms with Gasteiger partial charge in [-0.3, -0.25) is 14.3 Å². The Bertz CT molecular complexity index is 903. The highest BCUT2D eigenvalue weighted by molar-refractivity contribution is 7.92. The second-order valence-corrected chi connectivity index (χ2v) is 7.86. The molecule has 138 valence electrons.